The number of fused-ring (bicyclic) bond motifs is 1. The number of hydrogen-bond donors (Lipinski definition) is 1. The van der Waals surface area contributed by atoms with Crippen molar-refractivity contribution in [1.82, 2.24) is 14.9 Å². The van der Waals surface area contributed by atoms with Gasteiger partial charge >= 0.3 is 0 Å². The Bertz CT molecular complexity index is 1030. The second-order valence-electron chi connectivity index (χ2n) is 7.97. The first-order chi connectivity index (χ1) is 14.9. The summed E-state index contributed by atoms with van der Waals surface area (Å²) in [6, 6.07) is 13.6. The molecular weight excluding hydrogens is 410 g/mol. The predicted molar refractivity (Wildman–Crippen MR) is 127 cm³/mol. The lowest BCUT2D eigenvalue weighted by atomic mass is 10.0. The number of rotatable bonds is 10. The van der Waals surface area contributed by atoms with Gasteiger partial charge in [0.05, 0.1) is 23.7 Å². The first kappa shape index (κ1) is 23.1. The van der Waals surface area contributed by atoms with E-state index in [2.05, 4.69) is 29.8 Å². The van der Waals surface area contributed by atoms with Crippen molar-refractivity contribution in [2.45, 2.75) is 59.5 Å². The Morgan fingerprint density at radius 3 is 2.65 bits per heavy atom. The van der Waals surface area contributed by atoms with Gasteiger partial charge in [-0.05, 0) is 69.0 Å². The highest BCUT2D eigenvalue weighted by atomic mass is 35.5. The normalized spacial score (nSPS) is 12.3. The summed E-state index contributed by atoms with van der Waals surface area (Å²) in [5.74, 6) is 1.83. The summed E-state index contributed by atoms with van der Waals surface area (Å²) in [5, 5.41) is 3.90. The largest absolute Gasteiger partial charge is 0.494 e. The molecule has 0 radical (unpaired) electrons. The summed E-state index contributed by atoms with van der Waals surface area (Å²) in [5.41, 5.74) is 3.02. The van der Waals surface area contributed by atoms with Crippen molar-refractivity contribution in [2.75, 3.05) is 6.61 Å². The highest BCUT2D eigenvalue weighted by Crippen LogP contribution is 2.23. The lowest BCUT2D eigenvalue weighted by molar-refractivity contribution is -0.125. The molecule has 6 heteroatoms. The van der Waals surface area contributed by atoms with Crippen molar-refractivity contribution in [3.8, 4) is 5.75 Å². The van der Waals surface area contributed by atoms with Crippen LogP contribution in [0.3, 0.4) is 0 Å². The number of benzene rings is 2. The molecule has 0 aliphatic carbocycles. The van der Waals surface area contributed by atoms with E-state index >= 15 is 0 Å². The van der Waals surface area contributed by atoms with Gasteiger partial charge < -0.3 is 14.6 Å². The number of carbonyl (C=O) groups excluding carboxylic acids is 1. The minimum Gasteiger partial charge on any atom is -0.494 e. The average Bonchev–Trinajstić information content (AvgIpc) is 3.13. The minimum absolute atomic E-state index is 0.0384. The van der Waals surface area contributed by atoms with Crippen LogP contribution in [-0.2, 0) is 11.3 Å². The van der Waals surface area contributed by atoms with Gasteiger partial charge in [-0.25, -0.2) is 4.98 Å². The van der Waals surface area contributed by atoms with Crippen LogP contribution < -0.4 is 10.1 Å². The van der Waals surface area contributed by atoms with Crippen LogP contribution in [0.15, 0.2) is 42.5 Å². The van der Waals surface area contributed by atoms with Crippen molar-refractivity contribution in [3.63, 3.8) is 0 Å². The third-order valence-corrected chi connectivity index (χ3v) is 6.13. The van der Waals surface area contributed by atoms with E-state index in [1.165, 1.54) is 0 Å². The molecule has 1 atom stereocenters. The van der Waals surface area contributed by atoms with Crippen LogP contribution in [0, 0.1) is 12.8 Å². The molecule has 0 aliphatic heterocycles. The van der Waals surface area contributed by atoms with Gasteiger partial charge in [-0.3, -0.25) is 4.79 Å². The Morgan fingerprint density at radius 2 is 1.94 bits per heavy atom. The molecule has 5 nitrogen and oxygen atoms in total. The number of aryl methyl sites for hydroxylation is 2. The van der Waals surface area contributed by atoms with Crippen LogP contribution in [0.2, 0.25) is 5.02 Å². The molecule has 2 aromatic carbocycles. The Hall–Kier alpha value is -2.53. The number of para-hydroxylation sites is 2. The molecule has 166 valence electrons. The van der Waals surface area contributed by atoms with Crippen LogP contribution in [0.1, 0.15) is 57.5 Å². The van der Waals surface area contributed by atoms with Crippen molar-refractivity contribution in [1.29, 1.82) is 0 Å². The molecule has 3 rings (SSSR count). The monoisotopic (exact) mass is 441 g/mol. The molecule has 0 aliphatic rings. The number of aromatic nitrogens is 2. The van der Waals surface area contributed by atoms with Gasteiger partial charge in [-0.15, -0.1) is 0 Å². The number of nitrogens with one attached hydrogen (secondary N) is 1. The van der Waals surface area contributed by atoms with E-state index in [1.54, 1.807) is 0 Å². The van der Waals surface area contributed by atoms with E-state index in [1.807, 2.05) is 50.2 Å². The van der Waals surface area contributed by atoms with Gasteiger partial charge in [0.2, 0.25) is 5.91 Å². The Balaban J connectivity index is 1.71. The molecule has 0 saturated heterocycles. The van der Waals surface area contributed by atoms with Crippen molar-refractivity contribution in [3.05, 3.63) is 58.9 Å². The topological polar surface area (TPSA) is 56.2 Å². The van der Waals surface area contributed by atoms with E-state index < -0.39 is 0 Å². The Morgan fingerprint density at radius 1 is 1.19 bits per heavy atom. The molecule has 3 aromatic rings. The fourth-order valence-electron chi connectivity index (χ4n) is 3.83. The quantitative estimate of drug-likeness (QED) is 0.388. The summed E-state index contributed by atoms with van der Waals surface area (Å²) >= 11 is 6.09. The van der Waals surface area contributed by atoms with Crippen molar-refractivity contribution in [2.24, 2.45) is 5.92 Å². The second-order valence-corrected chi connectivity index (χ2v) is 8.37. The highest BCUT2D eigenvalue weighted by molar-refractivity contribution is 6.31. The minimum atomic E-state index is -0.166. The molecule has 0 bridgehead atoms. The number of imidazole rings is 1. The fraction of sp³-hybridized carbons (Fsp3) is 0.440. The Labute approximate surface area is 189 Å². The van der Waals surface area contributed by atoms with Gasteiger partial charge in [-0.2, -0.15) is 0 Å². The predicted octanol–water partition coefficient (Wildman–Crippen LogP) is 6.08. The maximum Gasteiger partial charge on any atom is 0.223 e. The zero-order valence-corrected chi connectivity index (χ0v) is 19.6. The zero-order valence-electron chi connectivity index (χ0n) is 18.8. The zero-order chi connectivity index (χ0) is 22.4. The first-order valence-corrected chi connectivity index (χ1v) is 11.5. The smallest absolute Gasteiger partial charge is 0.223 e. The van der Waals surface area contributed by atoms with E-state index in [0.29, 0.717) is 6.61 Å². The van der Waals surface area contributed by atoms with Crippen molar-refractivity contribution < 1.29 is 9.53 Å². The summed E-state index contributed by atoms with van der Waals surface area (Å²) in [7, 11) is 0. The lowest BCUT2D eigenvalue weighted by Crippen LogP contribution is -2.33. The molecule has 1 N–H and O–H groups in total. The summed E-state index contributed by atoms with van der Waals surface area (Å²) in [4.78, 5) is 17.4. The van der Waals surface area contributed by atoms with Gasteiger partial charge in [0, 0.05) is 17.5 Å². The van der Waals surface area contributed by atoms with Crippen LogP contribution in [-0.4, -0.2) is 22.1 Å². The van der Waals surface area contributed by atoms with Crippen LogP contribution >= 0.6 is 11.6 Å². The number of amides is 1. The molecular formula is C25H32ClN3O2. The molecule has 1 aromatic heterocycles. The van der Waals surface area contributed by atoms with E-state index in [9.17, 15) is 4.79 Å². The van der Waals surface area contributed by atoms with Gasteiger partial charge in [-0.1, -0.05) is 37.6 Å². The summed E-state index contributed by atoms with van der Waals surface area (Å²) in [6.07, 6.45) is 2.50. The third-order valence-electron chi connectivity index (χ3n) is 5.71. The van der Waals surface area contributed by atoms with Gasteiger partial charge in [0.1, 0.15) is 11.6 Å². The first-order valence-electron chi connectivity index (χ1n) is 11.1. The standard InChI is InChI=1S/C25H32ClN3O2/c1-5-19(6-2)25(30)27-18(4)24-28-22-10-7-8-11-23(22)29(24)14-9-15-31-20-12-13-21(26)17(3)16-20/h7-8,10-13,16,18-19H,5-6,9,14-15H2,1-4H3,(H,27,30). The average molecular weight is 442 g/mol. The summed E-state index contributed by atoms with van der Waals surface area (Å²) in [6.45, 7) is 9.42. The maximum absolute atomic E-state index is 12.6. The number of carbonyl (C=O) groups is 1. The SMILES string of the molecule is CCC(CC)C(=O)NC(C)c1nc2ccccc2n1CCCOc1ccc(Cl)c(C)c1. The summed E-state index contributed by atoms with van der Waals surface area (Å²) < 4.78 is 8.11. The second kappa shape index (κ2) is 10.7. The third kappa shape index (κ3) is 5.59. The van der Waals surface area contributed by atoms with E-state index in [0.717, 1.165) is 59.0 Å². The molecule has 0 saturated carbocycles. The molecule has 1 heterocycles. The van der Waals surface area contributed by atoms with Crippen LogP contribution in [0.4, 0.5) is 0 Å². The van der Waals surface area contributed by atoms with Gasteiger partial charge in [0.25, 0.3) is 0 Å². The fourth-order valence-corrected chi connectivity index (χ4v) is 3.95. The van der Waals surface area contributed by atoms with E-state index in [4.69, 9.17) is 21.3 Å². The van der Waals surface area contributed by atoms with Gasteiger partial charge in [0.15, 0.2) is 0 Å². The lowest BCUT2D eigenvalue weighted by Gasteiger charge is -2.19. The molecule has 0 fully saturated rings. The number of halogens is 1. The Kier molecular flexibility index (Phi) is 7.97. The molecule has 0 spiro atoms. The number of nitrogens with zero attached hydrogens (tertiary/aromatic N) is 2. The molecule has 31 heavy (non-hydrogen) atoms. The van der Waals surface area contributed by atoms with Crippen LogP contribution in [0.25, 0.3) is 11.0 Å². The highest BCUT2D eigenvalue weighted by Gasteiger charge is 2.21. The van der Waals surface area contributed by atoms with Crippen LogP contribution in [0.5, 0.6) is 5.75 Å². The van der Waals surface area contributed by atoms with E-state index in [-0.39, 0.29) is 17.9 Å². The van der Waals surface area contributed by atoms with Crippen molar-refractivity contribution >= 4 is 28.5 Å². The number of hydrogen-bond acceptors (Lipinski definition) is 3. The molecule has 1 unspecified atom stereocenters. The maximum atomic E-state index is 12.6. The number of ether oxygens (including phenoxy) is 1. The molecule has 1 amide bonds.